The van der Waals surface area contributed by atoms with E-state index in [0.717, 1.165) is 23.1 Å². The Morgan fingerprint density at radius 3 is 2.89 bits per heavy atom. The van der Waals surface area contributed by atoms with Gasteiger partial charge >= 0.3 is 5.63 Å². The van der Waals surface area contributed by atoms with Crippen LogP contribution in [0.15, 0.2) is 33.5 Å². The smallest absolute Gasteiger partial charge is 0.336 e. The van der Waals surface area contributed by atoms with Crippen LogP contribution in [0.3, 0.4) is 0 Å². The Morgan fingerprint density at radius 1 is 1.28 bits per heavy atom. The highest BCUT2D eigenvalue weighted by atomic mass is 32.2. The quantitative estimate of drug-likeness (QED) is 0.640. The third-order valence-electron chi connectivity index (χ3n) is 2.52. The molecule has 2 rings (SSSR count). The molecular weight excluding hydrogens is 252 g/mol. The van der Waals surface area contributed by atoms with Crippen molar-refractivity contribution in [3.63, 3.8) is 0 Å². The summed E-state index contributed by atoms with van der Waals surface area (Å²) < 4.78 is 5.05. The maximum Gasteiger partial charge on any atom is 0.336 e. The highest BCUT2D eigenvalue weighted by molar-refractivity contribution is 7.98. The van der Waals surface area contributed by atoms with Gasteiger partial charge in [0.2, 0.25) is 0 Å². The zero-order chi connectivity index (χ0) is 13.0. The number of phenols is 1. The number of rotatable bonds is 5. The van der Waals surface area contributed by atoms with E-state index in [9.17, 15) is 9.90 Å². The highest BCUT2D eigenvalue weighted by Gasteiger charge is 2.06. The van der Waals surface area contributed by atoms with E-state index in [0.29, 0.717) is 11.3 Å². The van der Waals surface area contributed by atoms with Gasteiger partial charge in [-0.2, -0.15) is 11.8 Å². The second kappa shape index (κ2) is 5.93. The van der Waals surface area contributed by atoms with Gasteiger partial charge in [0.25, 0.3) is 0 Å². The third kappa shape index (κ3) is 3.05. The lowest BCUT2D eigenvalue weighted by Gasteiger charge is -2.05. The zero-order valence-corrected chi connectivity index (χ0v) is 10.6. The molecule has 0 aliphatic carbocycles. The lowest BCUT2D eigenvalue weighted by Crippen LogP contribution is -2.00. The molecule has 96 valence electrons. The Morgan fingerprint density at radius 2 is 2.11 bits per heavy atom. The number of aliphatic hydroxyl groups excluding tert-OH is 1. The van der Waals surface area contributed by atoms with E-state index < -0.39 is 5.63 Å². The van der Waals surface area contributed by atoms with Crippen LogP contribution in [0.25, 0.3) is 11.0 Å². The predicted molar refractivity (Wildman–Crippen MR) is 72.0 cm³/mol. The highest BCUT2D eigenvalue weighted by Crippen LogP contribution is 2.24. The van der Waals surface area contributed by atoms with Crippen molar-refractivity contribution in [2.24, 2.45) is 0 Å². The first-order valence-corrected chi connectivity index (χ1v) is 6.80. The van der Waals surface area contributed by atoms with Crippen molar-refractivity contribution in [1.29, 1.82) is 0 Å². The predicted octanol–water partition coefficient (Wildman–Crippen LogP) is 2.11. The normalized spacial score (nSPS) is 10.9. The van der Waals surface area contributed by atoms with Crippen LogP contribution in [-0.4, -0.2) is 22.6 Å². The fourth-order valence-corrected chi connectivity index (χ4v) is 2.62. The lowest BCUT2D eigenvalue weighted by molar-refractivity contribution is 0.296. The molecule has 5 heteroatoms. The summed E-state index contributed by atoms with van der Waals surface area (Å²) >= 11 is 1.66. The third-order valence-corrected chi connectivity index (χ3v) is 3.61. The molecule has 1 heterocycles. The van der Waals surface area contributed by atoms with Crippen molar-refractivity contribution in [1.82, 2.24) is 0 Å². The average molecular weight is 266 g/mol. The van der Waals surface area contributed by atoms with Gasteiger partial charge in [-0.1, -0.05) is 0 Å². The van der Waals surface area contributed by atoms with Gasteiger partial charge in [-0.3, -0.25) is 0 Å². The molecule has 18 heavy (non-hydrogen) atoms. The molecule has 0 aliphatic heterocycles. The van der Waals surface area contributed by atoms with Crippen molar-refractivity contribution < 1.29 is 14.6 Å². The fraction of sp³-hybridized carbons (Fsp3) is 0.308. The lowest BCUT2D eigenvalue weighted by atomic mass is 10.1. The molecule has 4 nitrogen and oxygen atoms in total. The zero-order valence-electron chi connectivity index (χ0n) is 9.76. The van der Waals surface area contributed by atoms with Crippen LogP contribution < -0.4 is 5.63 Å². The van der Waals surface area contributed by atoms with Gasteiger partial charge < -0.3 is 14.6 Å². The second-order valence-corrected chi connectivity index (χ2v) is 5.01. The molecule has 2 N–H and O–H groups in total. The molecule has 0 spiro atoms. The van der Waals surface area contributed by atoms with Crippen LogP contribution in [0.5, 0.6) is 5.75 Å². The first kappa shape index (κ1) is 13.0. The summed E-state index contributed by atoms with van der Waals surface area (Å²) in [5.74, 6) is 1.61. The van der Waals surface area contributed by atoms with Crippen molar-refractivity contribution in [3.8, 4) is 5.75 Å². The van der Waals surface area contributed by atoms with Gasteiger partial charge in [-0.05, 0) is 29.9 Å². The maximum absolute atomic E-state index is 11.4. The van der Waals surface area contributed by atoms with Crippen LogP contribution in [0.2, 0.25) is 0 Å². The first-order valence-electron chi connectivity index (χ1n) is 5.65. The molecule has 0 fully saturated rings. The molecule has 0 bridgehead atoms. The first-order chi connectivity index (χ1) is 8.70. The summed E-state index contributed by atoms with van der Waals surface area (Å²) in [5.41, 5.74) is 0.885. The van der Waals surface area contributed by atoms with E-state index in [1.807, 2.05) is 0 Å². The number of aromatic hydroxyl groups is 1. The number of aliphatic hydroxyl groups is 1. The van der Waals surface area contributed by atoms with Crippen molar-refractivity contribution in [2.45, 2.75) is 12.2 Å². The molecule has 0 radical (unpaired) electrons. The number of fused-ring (bicyclic) bond motifs is 1. The van der Waals surface area contributed by atoms with E-state index in [1.165, 1.54) is 12.1 Å². The molecule has 0 saturated heterocycles. The summed E-state index contributed by atoms with van der Waals surface area (Å²) in [4.78, 5) is 11.4. The Labute approximate surface area is 108 Å². The van der Waals surface area contributed by atoms with Gasteiger partial charge in [0, 0.05) is 29.9 Å². The molecular formula is C13H14O4S. The number of benzene rings is 1. The van der Waals surface area contributed by atoms with Gasteiger partial charge in [-0.15, -0.1) is 0 Å². The van der Waals surface area contributed by atoms with Crippen molar-refractivity contribution in [3.05, 3.63) is 40.2 Å². The summed E-state index contributed by atoms with van der Waals surface area (Å²) in [7, 11) is 0. The van der Waals surface area contributed by atoms with Crippen molar-refractivity contribution >= 4 is 22.7 Å². The molecule has 2 aromatic rings. The largest absolute Gasteiger partial charge is 0.508 e. The second-order valence-electron chi connectivity index (χ2n) is 3.90. The van der Waals surface area contributed by atoms with Crippen LogP contribution in [-0.2, 0) is 5.75 Å². The molecule has 0 amide bonds. The summed E-state index contributed by atoms with van der Waals surface area (Å²) in [5, 5.41) is 18.9. The van der Waals surface area contributed by atoms with E-state index in [2.05, 4.69) is 0 Å². The average Bonchev–Trinajstić information content (AvgIpc) is 2.33. The standard InChI is InChI=1S/C13H14O4S/c14-4-1-5-18-8-9-6-13(16)17-12-7-10(15)2-3-11(9)12/h2-3,6-7,14-15H,1,4-5,8H2. The Kier molecular flexibility index (Phi) is 4.28. The number of hydrogen-bond acceptors (Lipinski definition) is 5. The molecule has 1 aromatic carbocycles. The Hall–Kier alpha value is -1.46. The summed E-state index contributed by atoms with van der Waals surface area (Å²) in [6.45, 7) is 0.179. The summed E-state index contributed by atoms with van der Waals surface area (Å²) in [6, 6.07) is 6.24. The number of phenolic OH excluding ortho intramolecular Hbond substituents is 1. The van der Waals surface area contributed by atoms with Crippen LogP contribution in [0.4, 0.5) is 0 Å². The fourth-order valence-electron chi connectivity index (χ4n) is 1.69. The Balaban J connectivity index is 2.28. The molecule has 0 aliphatic rings. The van der Waals surface area contributed by atoms with Gasteiger partial charge in [0.1, 0.15) is 11.3 Å². The van der Waals surface area contributed by atoms with E-state index in [4.69, 9.17) is 9.52 Å². The molecule has 0 atom stereocenters. The minimum atomic E-state index is -0.411. The van der Waals surface area contributed by atoms with Crippen LogP contribution >= 0.6 is 11.8 Å². The monoisotopic (exact) mass is 266 g/mol. The molecule has 1 aromatic heterocycles. The number of thioether (sulfide) groups is 1. The minimum absolute atomic E-state index is 0.0794. The van der Waals surface area contributed by atoms with Crippen LogP contribution in [0, 0.1) is 0 Å². The Bertz CT molecular complexity index is 591. The maximum atomic E-state index is 11.4. The van der Waals surface area contributed by atoms with Gasteiger partial charge in [0.05, 0.1) is 0 Å². The molecule has 0 unspecified atom stereocenters. The number of hydrogen-bond donors (Lipinski definition) is 2. The van der Waals surface area contributed by atoms with Crippen molar-refractivity contribution in [2.75, 3.05) is 12.4 Å². The van der Waals surface area contributed by atoms with E-state index >= 15 is 0 Å². The topological polar surface area (TPSA) is 70.7 Å². The SMILES string of the molecule is O=c1cc(CSCCCO)c2ccc(O)cc2o1. The summed E-state index contributed by atoms with van der Waals surface area (Å²) in [6.07, 6.45) is 0.741. The minimum Gasteiger partial charge on any atom is -0.508 e. The van der Waals surface area contributed by atoms with E-state index in [-0.39, 0.29) is 12.4 Å². The van der Waals surface area contributed by atoms with E-state index in [1.54, 1.807) is 23.9 Å². The van der Waals surface area contributed by atoms with Gasteiger partial charge in [-0.25, -0.2) is 4.79 Å². The van der Waals surface area contributed by atoms with Crippen LogP contribution in [0.1, 0.15) is 12.0 Å². The molecule has 0 saturated carbocycles. The van der Waals surface area contributed by atoms with Gasteiger partial charge in [0.15, 0.2) is 0 Å².